The lowest BCUT2D eigenvalue weighted by Gasteiger charge is -2.36. The van der Waals surface area contributed by atoms with Gasteiger partial charge in [0.05, 0.1) is 17.3 Å². The Kier molecular flexibility index (Phi) is 5.19. The number of amides is 1. The van der Waals surface area contributed by atoms with E-state index >= 15 is 0 Å². The van der Waals surface area contributed by atoms with Crippen LogP contribution < -0.4 is 15.4 Å². The summed E-state index contributed by atoms with van der Waals surface area (Å²) >= 11 is 0. The topological polar surface area (TPSA) is 68.0 Å². The van der Waals surface area contributed by atoms with Gasteiger partial charge in [-0.05, 0) is 66.0 Å². The van der Waals surface area contributed by atoms with Crippen LogP contribution in [0.4, 0.5) is 16.2 Å². The number of ether oxygens (including phenoxy) is 2. The standard InChI is InChI=1S/C21H33N3O3/c1-15(2)26-18-13-16(7-8-17(18)22)23-12-10-21(14-23)9-6-11-24(21)19(25)27-20(3,4)5/h7-8,13,15H,6,9-12,14,22H2,1-5H3/t21-/m0/s1. The van der Waals surface area contributed by atoms with Gasteiger partial charge in [-0.1, -0.05) is 0 Å². The van der Waals surface area contributed by atoms with Gasteiger partial charge in [-0.2, -0.15) is 0 Å². The molecule has 1 spiro atoms. The largest absolute Gasteiger partial charge is 0.489 e. The fourth-order valence-corrected chi connectivity index (χ4v) is 4.12. The zero-order chi connectivity index (χ0) is 19.8. The van der Waals surface area contributed by atoms with E-state index in [4.69, 9.17) is 15.2 Å². The zero-order valence-electron chi connectivity index (χ0n) is 17.2. The highest BCUT2D eigenvalue weighted by atomic mass is 16.6. The number of carbonyl (C=O) groups is 1. The molecule has 6 nitrogen and oxygen atoms in total. The highest BCUT2D eigenvalue weighted by Crippen LogP contribution is 2.41. The second-order valence-corrected chi connectivity index (χ2v) is 9.02. The second-order valence-electron chi connectivity index (χ2n) is 9.02. The van der Waals surface area contributed by atoms with Crippen molar-refractivity contribution in [2.75, 3.05) is 30.3 Å². The minimum absolute atomic E-state index is 0.0740. The molecule has 27 heavy (non-hydrogen) atoms. The predicted molar refractivity (Wildman–Crippen MR) is 108 cm³/mol. The van der Waals surface area contributed by atoms with Gasteiger partial charge in [0, 0.05) is 31.4 Å². The fourth-order valence-electron chi connectivity index (χ4n) is 4.12. The molecule has 3 rings (SSSR count). The van der Waals surface area contributed by atoms with Gasteiger partial charge in [-0.3, -0.25) is 0 Å². The maximum Gasteiger partial charge on any atom is 0.410 e. The molecule has 0 bridgehead atoms. The maximum absolute atomic E-state index is 12.7. The lowest BCUT2D eigenvalue weighted by molar-refractivity contribution is 0.0111. The second kappa shape index (κ2) is 7.13. The SMILES string of the molecule is CC(C)Oc1cc(N2CC[C@@]3(CCCN3C(=O)OC(C)(C)C)C2)ccc1N. The van der Waals surface area contributed by atoms with Crippen LogP contribution in [-0.2, 0) is 4.74 Å². The molecule has 1 aromatic rings. The van der Waals surface area contributed by atoms with Crippen molar-refractivity contribution in [1.29, 1.82) is 0 Å². The normalized spacial score (nSPS) is 22.7. The first-order valence-corrected chi connectivity index (χ1v) is 9.91. The van der Waals surface area contributed by atoms with Crippen molar-refractivity contribution < 1.29 is 14.3 Å². The van der Waals surface area contributed by atoms with Gasteiger partial charge in [-0.25, -0.2) is 4.79 Å². The number of anilines is 2. The van der Waals surface area contributed by atoms with Crippen molar-refractivity contribution >= 4 is 17.5 Å². The lowest BCUT2D eigenvalue weighted by Crippen LogP contribution is -2.50. The molecular weight excluding hydrogens is 342 g/mol. The molecule has 1 aromatic carbocycles. The number of nitrogens with two attached hydrogens (primary N) is 1. The van der Waals surface area contributed by atoms with Crippen molar-refractivity contribution in [3.05, 3.63) is 18.2 Å². The third-order valence-corrected chi connectivity index (χ3v) is 5.27. The van der Waals surface area contributed by atoms with E-state index in [0.717, 1.165) is 50.3 Å². The third-order valence-electron chi connectivity index (χ3n) is 5.27. The summed E-state index contributed by atoms with van der Waals surface area (Å²) in [7, 11) is 0. The number of nitrogens with zero attached hydrogens (tertiary/aromatic N) is 2. The predicted octanol–water partition coefficient (Wildman–Crippen LogP) is 4.04. The molecular formula is C21H33N3O3. The van der Waals surface area contributed by atoms with Gasteiger partial charge in [0.2, 0.25) is 0 Å². The van der Waals surface area contributed by atoms with Crippen molar-refractivity contribution in [3.63, 3.8) is 0 Å². The third kappa shape index (κ3) is 4.25. The summed E-state index contributed by atoms with van der Waals surface area (Å²) in [6.07, 6.45) is 2.88. The maximum atomic E-state index is 12.7. The van der Waals surface area contributed by atoms with Gasteiger partial charge < -0.3 is 25.0 Å². The summed E-state index contributed by atoms with van der Waals surface area (Å²) in [6, 6.07) is 5.95. The Balaban J connectivity index is 1.76. The number of carbonyl (C=O) groups excluding carboxylic acids is 1. The Labute approximate surface area is 162 Å². The molecule has 2 fully saturated rings. The van der Waals surface area contributed by atoms with E-state index in [1.807, 2.05) is 57.7 Å². The Morgan fingerprint density at radius 3 is 2.63 bits per heavy atom. The first kappa shape index (κ1) is 19.6. The van der Waals surface area contributed by atoms with Crippen LogP contribution in [0.15, 0.2) is 18.2 Å². The molecule has 2 aliphatic rings. The van der Waals surface area contributed by atoms with Crippen LogP contribution in [-0.4, -0.2) is 47.9 Å². The molecule has 2 N–H and O–H groups in total. The number of rotatable bonds is 3. The number of likely N-dealkylation sites (tertiary alicyclic amines) is 1. The lowest BCUT2D eigenvalue weighted by atomic mass is 9.95. The summed E-state index contributed by atoms with van der Waals surface area (Å²) < 4.78 is 11.5. The molecule has 0 saturated carbocycles. The molecule has 0 aliphatic carbocycles. The Morgan fingerprint density at radius 2 is 1.96 bits per heavy atom. The quantitative estimate of drug-likeness (QED) is 0.808. The zero-order valence-corrected chi connectivity index (χ0v) is 17.2. The summed E-state index contributed by atoms with van der Waals surface area (Å²) in [4.78, 5) is 17.0. The van der Waals surface area contributed by atoms with Crippen LogP contribution in [0.5, 0.6) is 5.75 Å². The van der Waals surface area contributed by atoms with Gasteiger partial charge in [0.15, 0.2) is 0 Å². The monoisotopic (exact) mass is 375 g/mol. The molecule has 0 unspecified atom stereocenters. The molecule has 1 amide bonds. The summed E-state index contributed by atoms with van der Waals surface area (Å²) in [5.74, 6) is 0.721. The summed E-state index contributed by atoms with van der Waals surface area (Å²) in [5, 5.41) is 0. The van der Waals surface area contributed by atoms with Crippen LogP contribution in [0, 0.1) is 0 Å². The number of hydrogen-bond donors (Lipinski definition) is 1. The van der Waals surface area contributed by atoms with Crippen LogP contribution in [0.3, 0.4) is 0 Å². The Bertz CT molecular complexity index is 698. The smallest absolute Gasteiger partial charge is 0.410 e. The molecule has 1 atom stereocenters. The van der Waals surface area contributed by atoms with Crippen LogP contribution in [0.25, 0.3) is 0 Å². The minimum atomic E-state index is -0.473. The van der Waals surface area contributed by atoms with Gasteiger partial charge in [-0.15, -0.1) is 0 Å². The average Bonchev–Trinajstić information content (AvgIpc) is 3.15. The van der Waals surface area contributed by atoms with Crippen LogP contribution >= 0.6 is 0 Å². The number of hydrogen-bond acceptors (Lipinski definition) is 5. The number of benzene rings is 1. The number of nitrogen functional groups attached to an aromatic ring is 1. The minimum Gasteiger partial charge on any atom is -0.489 e. The van der Waals surface area contributed by atoms with E-state index in [1.165, 1.54) is 0 Å². The van der Waals surface area contributed by atoms with Crippen molar-refractivity contribution in [2.45, 2.75) is 71.1 Å². The first-order chi connectivity index (χ1) is 12.6. The van der Waals surface area contributed by atoms with E-state index in [9.17, 15) is 4.79 Å². The summed E-state index contributed by atoms with van der Waals surface area (Å²) in [6.45, 7) is 12.2. The summed E-state index contributed by atoms with van der Waals surface area (Å²) in [5.41, 5.74) is 7.19. The first-order valence-electron chi connectivity index (χ1n) is 9.91. The van der Waals surface area contributed by atoms with E-state index in [2.05, 4.69) is 4.90 Å². The molecule has 150 valence electrons. The van der Waals surface area contributed by atoms with E-state index < -0.39 is 5.60 Å². The van der Waals surface area contributed by atoms with Crippen molar-refractivity contribution in [1.82, 2.24) is 4.90 Å². The fraction of sp³-hybridized carbons (Fsp3) is 0.667. The highest BCUT2D eigenvalue weighted by Gasteiger charge is 2.49. The Morgan fingerprint density at radius 1 is 1.22 bits per heavy atom. The van der Waals surface area contributed by atoms with Crippen molar-refractivity contribution in [2.24, 2.45) is 0 Å². The molecule has 2 heterocycles. The van der Waals surface area contributed by atoms with E-state index in [1.54, 1.807) is 0 Å². The molecule has 2 aliphatic heterocycles. The molecule has 2 saturated heterocycles. The van der Waals surface area contributed by atoms with Crippen LogP contribution in [0.1, 0.15) is 53.9 Å². The average molecular weight is 376 g/mol. The van der Waals surface area contributed by atoms with Crippen molar-refractivity contribution in [3.8, 4) is 5.75 Å². The van der Waals surface area contributed by atoms with Gasteiger partial charge >= 0.3 is 6.09 Å². The van der Waals surface area contributed by atoms with E-state index in [-0.39, 0.29) is 17.7 Å². The molecule has 0 aromatic heterocycles. The van der Waals surface area contributed by atoms with Crippen LogP contribution in [0.2, 0.25) is 0 Å². The molecule has 6 heteroatoms. The highest BCUT2D eigenvalue weighted by molar-refractivity contribution is 5.70. The van der Waals surface area contributed by atoms with Gasteiger partial charge in [0.1, 0.15) is 11.4 Å². The van der Waals surface area contributed by atoms with E-state index in [0.29, 0.717) is 5.69 Å². The van der Waals surface area contributed by atoms with Gasteiger partial charge in [0.25, 0.3) is 0 Å². The molecule has 0 radical (unpaired) electrons. The Hall–Kier alpha value is -2.11.